The van der Waals surface area contributed by atoms with Gasteiger partial charge in [0.25, 0.3) is 5.56 Å². The van der Waals surface area contributed by atoms with E-state index in [1.165, 1.54) is 0 Å². The van der Waals surface area contributed by atoms with Gasteiger partial charge in [-0.2, -0.15) is 0 Å². The second-order valence-corrected chi connectivity index (χ2v) is 7.53. The summed E-state index contributed by atoms with van der Waals surface area (Å²) in [6, 6.07) is 2.57. The molecule has 0 aromatic carbocycles. The van der Waals surface area contributed by atoms with Crippen molar-refractivity contribution in [1.82, 2.24) is 19.4 Å². The van der Waals surface area contributed by atoms with Crippen molar-refractivity contribution in [2.75, 3.05) is 32.7 Å². The Kier molecular flexibility index (Phi) is 4.61. The molecule has 5 nitrogen and oxygen atoms in total. The van der Waals surface area contributed by atoms with Crippen LogP contribution in [0.3, 0.4) is 0 Å². The van der Waals surface area contributed by atoms with Crippen molar-refractivity contribution in [3.63, 3.8) is 0 Å². The van der Waals surface area contributed by atoms with Gasteiger partial charge in [0.05, 0.1) is 11.7 Å². The Hall–Kier alpha value is -1.24. The molecule has 2 aromatic rings. The lowest BCUT2D eigenvalue weighted by Crippen LogP contribution is -2.49. The van der Waals surface area contributed by atoms with E-state index in [0.29, 0.717) is 6.04 Å². The SMILES string of the molecule is Cc1cc2c(=O)n(CCN3CCN(C(C)C)CC3)cnc2s1. The highest BCUT2D eigenvalue weighted by atomic mass is 32.1. The summed E-state index contributed by atoms with van der Waals surface area (Å²) in [6.45, 7) is 12.6. The molecule has 0 saturated carbocycles. The number of rotatable bonds is 4. The standard InChI is InChI=1S/C16H24N4OS/c1-12(2)19-7-4-18(5-8-19)6-9-20-11-17-15-14(16(20)21)10-13(3)22-15/h10-12H,4-9H2,1-3H3. The van der Waals surface area contributed by atoms with Crippen LogP contribution in [0.4, 0.5) is 0 Å². The number of piperazine rings is 1. The van der Waals surface area contributed by atoms with Crippen LogP contribution in [0.2, 0.25) is 0 Å². The van der Waals surface area contributed by atoms with Crippen LogP contribution in [0.15, 0.2) is 17.2 Å². The van der Waals surface area contributed by atoms with Crippen LogP contribution in [0, 0.1) is 6.92 Å². The van der Waals surface area contributed by atoms with Gasteiger partial charge in [-0.15, -0.1) is 11.3 Å². The third-order valence-corrected chi connectivity index (χ3v) is 5.39. The molecule has 1 fully saturated rings. The summed E-state index contributed by atoms with van der Waals surface area (Å²) >= 11 is 1.58. The molecule has 1 aliphatic rings. The number of aromatic nitrogens is 2. The van der Waals surface area contributed by atoms with E-state index in [0.717, 1.165) is 54.4 Å². The van der Waals surface area contributed by atoms with Crippen LogP contribution in [-0.4, -0.2) is 58.1 Å². The minimum atomic E-state index is 0.0927. The summed E-state index contributed by atoms with van der Waals surface area (Å²) < 4.78 is 1.75. The number of hydrogen-bond acceptors (Lipinski definition) is 5. The smallest absolute Gasteiger partial charge is 0.262 e. The topological polar surface area (TPSA) is 41.4 Å². The van der Waals surface area contributed by atoms with Crippen LogP contribution >= 0.6 is 11.3 Å². The Balaban J connectivity index is 1.63. The van der Waals surface area contributed by atoms with Gasteiger partial charge in [-0.3, -0.25) is 19.2 Å². The summed E-state index contributed by atoms with van der Waals surface area (Å²) in [6.07, 6.45) is 1.70. The molecule has 0 N–H and O–H groups in total. The number of thiophene rings is 1. The Morgan fingerprint density at radius 2 is 1.95 bits per heavy atom. The van der Waals surface area contributed by atoms with Crippen LogP contribution in [0.25, 0.3) is 10.2 Å². The summed E-state index contributed by atoms with van der Waals surface area (Å²) in [5, 5.41) is 0.759. The van der Waals surface area contributed by atoms with Gasteiger partial charge in [0.15, 0.2) is 0 Å². The first-order valence-electron chi connectivity index (χ1n) is 7.96. The maximum Gasteiger partial charge on any atom is 0.262 e. The van der Waals surface area contributed by atoms with Gasteiger partial charge in [0.2, 0.25) is 0 Å². The van der Waals surface area contributed by atoms with Gasteiger partial charge in [0, 0.05) is 50.2 Å². The minimum absolute atomic E-state index is 0.0927. The summed E-state index contributed by atoms with van der Waals surface area (Å²) in [5.74, 6) is 0. The second-order valence-electron chi connectivity index (χ2n) is 6.29. The van der Waals surface area contributed by atoms with Crippen molar-refractivity contribution in [1.29, 1.82) is 0 Å². The molecule has 1 aliphatic heterocycles. The number of hydrogen-bond donors (Lipinski definition) is 0. The fraction of sp³-hybridized carbons (Fsp3) is 0.625. The first-order chi connectivity index (χ1) is 10.5. The lowest BCUT2D eigenvalue weighted by atomic mass is 10.2. The van der Waals surface area contributed by atoms with E-state index in [4.69, 9.17) is 0 Å². The average Bonchev–Trinajstić information content (AvgIpc) is 2.88. The molecule has 0 unspecified atom stereocenters. The lowest BCUT2D eigenvalue weighted by Gasteiger charge is -2.36. The van der Waals surface area contributed by atoms with Gasteiger partial charge >= 0.3 is 0 Å². The molecule has 0 aliphatic carbocycles. The maximum absolute atomic E-state index is 12.5. The lowest BCUT2D eigenvalue weighted by molar-refractivity contribution is 0.106. The predicted octanol–water partition coefficient (Wildman–Crippen LogP) is 1.79. The van der Waals surface area contributed by atoms with Gasteiger partial charge in [-0.25, -0.2) is 4.98 Å². The highest BCUT2D eigenvalue weighted by Gasteiger charge is 2.18. The molecular weight excluding hydrogens is 296 g/mol. The molecule has 0 atom stereocenters. The Morgan fingerprint density at radius 3 is 2.64 bits per heavy atom. The van der Waals surface area contributed by atoms with E-state index in [1.807, 2.05) is 13.0 Å². The number of fused-ring (bicyclic) bond motifs is 1. The van der Waals surface area contributed by atoms with Gasteiger partial charge in [0.1, 0.15) is 4.83 Å². The Morgan fingerprint density at radius 1 is 1.23 bits per heavy atom. The van der Waals surface area contributed by atoms with Gasteiger partial charge in [-0.05, 0) is 26.8 Å². The molecule has 120 valence electrons. The second kappa shape index (κ2) is 6.48. The molecule has 0 spiro atoms. The maximum atomic E-state index is 12.5. The quantitative estimate of drug-likeness (QED) is 0.861. The zero-order valence-electron chi connectivity index (χ0n) is 13.6. The van der Waals surface area contributed by atoms with E-state index in [9.17, 15) is 4.79 Å². The molecule has 0 bridgehead atoms. The molecule has 22 heavy (non-hydrogen) atoms. The van der Waals surface area contributed by atoms with E-state index in [2.05, 4.69) is 28.6 Å². The highest BCUT2D eigenvalue weighted by molar-refractivity contribution is 7.18. The monoisotopic (exact) mass is 320 g/mol. The third kappa shape index (κ3) is 3.24. The Bertz CT molecular complexity index is 698. The van der Waals surface area contributed by atoms with Crippen molar-refractivity contribution in [2.45, 2.75) is 33.4 Å². The molecule has 3 rings (SSSR count). The van der Waals surface area contributed by atoms with Gasteiger partial charge < -0.3 is 0 Å². The molecule has 6 heteroatoms. The molecule has 0 radical (unpaired) electrons. The van der Waals surface area contributed by atoms with E-state index < -0.39 is 0 Å². The predicted molar refractivity (Wildman–Crippen MR) is 91.8 cm³/mol. The number of nitrogens with zero attached hydrogens (tertiary/aromatic N) is 4. The van der Waals surface area contributed by atoms with Crippen molar-refractivity contribution < 1.29 is 0 Å². The first-order valence-corrected chi connectivity index (χ1v) is 8.78. The number of aryl methyl sites for hydroxylation is 1. The first kappa shape index (κ1) is 15.6. The molecule has 2 aromatic heterocycles. The zero-order valence-corrected chi connectivity index (χ0v) is 14.4. The molecule has 1 saturated heterocycles. The largest absolute Gasteiger partial charge is 0.299 e. The normalized spacial score (nSPS) is 17.6. The van der Waals surface area contributed by atoms with Crippen molar-refractivity contribution >= 4 is 21.6 Å². The molecular formula is C16H24N4OS. The molecule has 0 amide bonds. The van der Waals surface area contributed by atoms with Crippen LogP contribution < -0.4 is 5.56 Å². The highest BCUT2D eigenvalue weighted by Crippen LogP contribution is 2.19. The Labute approximate surface area is 135 Å². The van der Waals surface area contributed by atoms with E-state index >= 15 is 0 Å². The van der Waals surface area contributed by atoms with E-state index in [-0.39, 0.29) is 5.56 Å². The summed E-state index contributed by atoms with van der Waals surface area (Å²) in [7, 11) is 0. The van der Waals surface area contributed by atoms with E-state index in [1.54, 1.807) is 22.2 Å². The zero-order chi connectivity index (χ0) is 15.7. The van der Waals surface area contributed by atoms with Crippen molar-refractivity contribution in [3.8, 4) is 0 Å². The van der Waals surface area contributed by atoms with Gasteiger partial charge in [-0.1, -0.05) is 0 Å². The molecule has 3 heterocycles. The average molecular weight is 320 g/mol. The fourth-order valence-electron chi connectivity index (χ4n) is 2.99. The summed E-state index contributed by atoms with van der Waals surface area (Å²) in [4.78, 5) is 23.8. The van der Waals surface area contributed by atoms with Crippen LogP contribution in [-0.2, 0) is 6.54 Å². The fourth-order valence-corrected chi connectivity index (χ4v) is 3.83. The minimum Gasteiger partial charge on any atom is -0.299 e. The van der Waals surface area contributed by atoms with Crippen molar-refractivity contribution in [2.24, 2.45) is 0 Å². The van der Waals surface area contributed by atoms with Crippen LogP contribution in [0.1, 0.15) is 18.7 Å². The third-order valence-electron chi connectivity index (χ3n) is 4.44. The van der Waals surface area contributed by atoms with Crippen LogP contribution in [0.5, 0.6) is 0 Å². The van der Waals surface area contributed by atoms with Crippen molar-refractivity contribution in [3.05, 3.63) is 27.6 Å². The summed E-state index contributed by atoms with van der Waals surface area (Å²) in [5.41, 5.74) is 0.0927.